The van der Waals surface area contributed by atoms with Crippen molar-refractivity contribution in [2.45, 2.75) is 19.3 Å². The molecule has 0 amide bonds. The van der Waals surface area contributed by atoms with Crippen LogP contribution in [-0.2, 0) is 9.53 Å². The number of fused-ring (bicyclic) bond motifs is 2. The molecule has 2 rings (SSSR count). The molecule has 2 bridgehead atoms. The van der Waals surface area contributed by atoms with Gasteiger partial charge in [0.15, 0.2) is 0 Å². The Morgan fingerprint density at radius 2 is 2.62 bits per heavy atom. The van der Waals surface area contributed by atoms with Gasteiger partial charge in [-0.25, -0.2) is 4.79 Å². The minimum Gasteiger partial charge on any atom is -0.462 e. The van der Waals surface area contributed by atoms with Gasteiger partial charge in [-0.1, -0.05) is 18.7 Å². The van der Waals surface area contributed by atoms with Crippen LogP contribution in [0.25, 0.3) is 0 Å². The molecular weight excluding hydrogens is 164 g/mol. The molecule has 70 valence electrons. The SMILES string of the molecule is C=CC(=O)OCC12C=CC(CC1)C2. The van der Waals surface area contributed by atoms with Gasteiger partial charge < -0.3 is 4.74 Å². The minimum atomic E-state index is -0.307. The van der Waals surface area contributed by atoms with Crippen LogP contribution in [0.5, 0.6) is 0 Å². The fourth-order valence-electron chi connectivity index (χ4n) is 2.31. The van der Waals surface area contributed by atoms with Gasteiger partial charge in [-0.15, -0.1) is 0 Å². The third-order valence-corrected chi connectivity index (χ3v) is 3.07. The third-order valence-electron chi connectivity index (χ3n) is 3.07. The number of hydrogen-bond acceptors (Lipinski definition) is 2. The average molecular weight is 178 g/mol. The van der Waals surface area contributed by atoms with E-state index in [2.05, 4.69) is 18.7 Å². The van der Waals surface area contributed by atoms with E-state index in [1.165, 1.54) is 18.9 Å². The van der Waals surface area contributed by atoms with Crippen LogP contribution in [0.3, 0.4) is 0 Å². The predicted molar refractivity (Wildman–Crippen MR) is 50.1 cm³/mol. The zero-order valence-corrected chi connectivity index (χ0v) is 7.66. The van der Waals surface area contributed by atoms with Gasteiger partial charge in [-0.05, 0) is 25.2 Å². The molecule has 1 saturated carbocycles. The number of carbonyl (C=O) groups excluding carboxylic acids is 1. The zero-order valence-electron chi connectivity index (χ0n) is 7.66. The van der Waals surface area contributed by atoms with Gasteiger partial charge in [0.25, 0.3) is 0 Å². The second-order valence-electron chi connectivity index (χ2n) is 4.04. The summed E-state index contributed by atoms with van der Waals surface area (Å²) in [6, 6.07) is 0. The van der Waals surface area contributed by atoms with Crippen LogP contribution in [-0.4, -0.2) is 12.6 Å². The molecule has 0 radical (unpaired) electrons. The summed E-state index contributed by atoms with van der Waals surface area (Å²) < 4.78 is 5.09. The van der Waals surface area contributed by atoms with Crippen molar-refractivity contribution in [1.82, 2.24) is 0 Å². The Bertz CT molecular complexity index is 267. The summed E-state index contributed by atoms with van der Waals surface area (Å²) in [4.78, 5) is 10.9. The van der Waals surface area contributed by atoms with Gasteiger partial charge in [0, 0.05) is 11.5 Å². The van der Waals surface area contributed by atoms with Crippen LogP contribution in [0, 0.1) is 11.3 Å². The molecule has 0 aromatic carbocycles. The van der Waals surface area contributed by atoms with E-state index in [9.17, 15) is 4.79 Å². The molecule has 0 N–H and O–H groups in total. The first kappa shape index (κ1) is 8.54. The van der Waals surface area contributed by atoms with Crippen LogP contribution >= 0.6 is 0 Å². The Kier molecular flexibility index (Phi) is 1.98. The summed E-state index contributed by atoms with van der Waals surface area (Å²) in [6.07, 6.45) is 9.28. The van der Waals surface area contributed by atoms with Gasteiger partial charge in [-0.2, -0.15) is 0 Å². The fourth-order valence-corrected chi connectivity index (χ4v) is 2.31. The first-order valence-corrected chi connectivity index (χ1v) is 4.73. The van der Waals surface area contributed by atoms with Crippen molar-refractivity contribution < 1.29 is 9.53 Å². The van der Waals surface area contributed by atoms with Crippen molar-refractivity contribution >= 4 is 5.97 Å². The van der Waals surface area contributed by atoms with E-state index in [0.717, 1.165) is 12.3 Å². The van der Waals surface area contributed by atoms with E-state index in [0.29, 0.717) is 6.61 Å². The van der Waals surface area contributed by atoms with E-state index in [4.69, 9.17) is 4.74 Å². The quantitative estimate of drug-likeness (QED) is 0.375. The molecule has 2 nitrogen and oxygen atoms in total. The lowest BCUT2D eigenvalue weighted by Gasteiger charge is -2.22. The third kappa shape index (κ3) is 1.53. The number of carbonyl (C=O) groups is 1. The van der Waals surface area contributed by atoms with E-state index in [1.807, 2.05) is 0 Å². The molecule has 2 atom stereocenters. The molecule has 0 aromatic heterocycles. The highest BCUT2D eigenvalue weighted by Crippen LogP contribution is 2.49. The smallest absolute Gasteiger partial charge is 0.330 e. The second kappa shape index (κ2) is 3.02. The van der Waals surface area contributed by atoms with Crippen LogP contribution in [0.2, 0.25) is 0 Å². The van der Waals surface area contributed by atoms with Crippen molar-refractivity contribution in [2.24, 2.45) is 11.3 Å². The van der Waals surface area contributed by atoms with Crippen LogP contribution in [0.1, 0.15) is 19.3 Å². The molecular formula is C11H14O2. The monoisotopic (exact) mass is 178 g/mol. The van der Waals surface area contributed by atoms with Gasteiger partial charge in [0.1, 0.15) is 6.61 Å². The van der Waals surface area contributed by atoms with Crippen molar-refractivity contribution in [3.8, 4) is 0 Å². The number of hydrogen-bond donors (Lipinski definition) is 0. The fraction of sp³-hybridized carbons (Fsp3) is 0.545. The first-order valence-electron chi connectivity index (χ1n) is 4.73. The summed E-state index contributed by atoms with van der Waals surface area (Å²) in [5.41, 5.74) is 0.170. The van der Waals surface area contributed by atoms with Crippen molar-refractivity contribution in [3.05, 3.63) is 24.8 Å². The van der Waals surface area contributed by atoms with Gasteiger partial charge in [-0.3, -0.25) is 0 Å². The topological polar surface area (TPSA) is 26.3 Å². The lowest BCUT2D eigenvalue weighted by molar-refractivity contribution is -0.140. The molecule has 2 aliphatic carbocycles. The molecule has 0 spiro atoms. The summed E-state index contributed by atoms with van der Waals surface area (Å²) in [7, 11) is 0. The highest BCUT2D eigenvalue weighted by Gasteiger charge is 2.41. The Balaban J connectivity index is 1.91. The molecule has 0 heterocycles. The molecule has 0 aromatic rings. The Hall–Kier alpha value is -1.05. The molecule has 2 heteroatoms. The van der Waals surface area contributed by atoms with Gasteiger partial charge in [0.2, 0.25) is 0 Å². The van der Waals surface area contributed by atoms with Crippen molar-refractivity contribution in [3.63, 3.8) is 0 Å². The summed E-state index contributed by atoms with van der Waals surface area (Å²) >= 11 is 0. The Morgan fingerprint density at radius 1 is 1.77 bits per heavy atom. The lowest BCUT2D eigenvalue weighted by atomic mass is 9.89. The molecule has 0 saturated heterocycles. The number of ether oxygens (including phenoxy) is 1. The maximum absolute atomic E-state index is 10.9. The standard InChI is InChI=1S/C11H14O2/c1-2-10(12)13-8-11-5-3-9(7-11)4-6-11/h2-3,5,9H,1,4,6-8H2. The summed E-state index contributed by atoms with van der Waals surface area (Å²) in [5, 5.41) is 0. The van der Waals surface area contributed by atoms with E-state index in [1.54, 1.807) is 0 Å². The highest BCUT2D eigenvalue weighted by molar-refractivity contribution is 5.81. The second-order valence-corrected chi connectivity index (χ2v) is 4.04. The van der Waals surface area contributed by atoms with E-state index < -0.39 is 0 Å². The first-order chi connectivity index (χ1) is 6.24. The molecule has 2 unspecified atom stereocenters. The van der Waals surface area contributed by atoms with Crippen LogP contribution < -0.4 is 0 Å². The number of esters is 1. The van der Waals surface area contributed by atoms with Gasteiger partial charge >= 0.3 is 5.97 Å². The minimum absolute atomic E-state index is 0.170. The summed E-state index contributed by atoms with van der Waals surface area (Å²) in [6.45, 7) is 3.90. The van der Waals surface area contributed by atoms with Crippen molar-refractivity contribution in [2.75, 3.05) is 6.61 Å². The Morgan fingerprint density at radius 3 is 3.08 bits per heavy atom. The maximum atomic E-state index is 10.9. The molecule has 1 fully saturated rings. The number of allylic oxidation sites excluding steroid dienone is 1. The van der Waals surface area contributed by atoms with E-state index in [-0.39, 0.29) is 11.4 Å². The predicted octanol–water partition coefficient (Wildman–Crippen LogP) is 2.07. The number of rotatable bonds is 3. The Labute approximate surface area is 78.3 Å². The van der Waals surface area contributed by atoms with Crippen LogP contribution in [0.15, 0.2) is 24.8 Å². The molecule has 0 aliphatic heterocycles. The largest absolute Gasteiger partial charge is 0.462 e. The molecule has 13 heavy (non-hydrogen) atoms. The lowest BCUT2D eigenvalue weighted by Crippen LogP contribution is -2.21. The zero-order chi connectivity index (χ0) is 9.31. The van der Waals surface area contributed by atoms with Gasteiger partial charge in [0.05, 0.1) is 0 Å². The highest BCUT2D eigenvalue weighted by atomic mass is 16.5. The van der Waals surface area contributed by atoms with E-state index >= 15 is 0 Å². The van der Waals surface area contributed by atoms with Crippen LogP contribution in [0.4, 0.5) is 0 Å². The maximum Gasteiger partial charge on any atom is 0.330 e. The normalized spacial score (nSPS) is 34.9. The van der Waals surface area contributed by atoms with Crippen molar-refractivity contribution in [1.29, 1.82) is 0 Å². The molecule has 2 aliphatic rings. The average Bonchev–Trinajstić information content (AvgIpc) is 2.74. The summed E-state index contributed by atoms with van der Waals surface area (Å²) in [5.74, 6) is 0.431.